The molecule has 18 heavy (non-hydrogen) atoms. The second-order valence-corrected chi connectivity index (χ2v) is 5.03. The monoisotopic (exact) mass is 256 g/mol. The van der Waals surface area contributed by atoms with Crippen molar-refractivity contribution in [3.05, 3.63) is 0 Å². The van der Waals surface area contributed by atoms with Crippen LogP contribution in [-0.2, 0) is 23.8 Å². The van der Waals surface area contributed by atoms with E-state index in [4.69, 9.17) is 14.2 Å². The minimum atomic E-state index is -1.04. The molecule has 5 nitrogen and oxygen atoms in total. The SMILES string of the molecule is CC(=O)OC1(C(=O)OCC2CCCO2)CCCC1. The average Bonchev–Trinajstić information content (AvgIpc) is 2.96. The van der Waals surface area contributed by atoms with Crippen molar-refractivity contribution < 1.29 is 23.8 Å². The van der Waals surface area contributed by atoms with Crippen molar-refractivity contribution in [1.29, 1.82) is 0 Å². The van der Waals surface area contributed by atoms with Crippen molar-refractivity contribution in [2.75, 3.05) is 13.2 Å². The Morgan fingerprint density at radius 3 is 2.56 bits per heavy atom. The molecule has 0 aromatic heterocycles. The molecule has 0 radical (unpaired) electrons. The first-order valence-electron chi connectivity index (χ1n) is 6.61. The molecule has 0 bridgehead atoms. The van der Waals surface area contributed by atoms with E-state index in [0.29, 0.717) is 12.8 Å². The lowest BCUT2D eigenvalue weighted by Gasteiger charge is -2.26. The Hall–Kier alpha value is -1.10. The molecule has 0 aromatic carbocycles. The lowest BCUT2D eigenvalue weighted by Crippen LogP contribution is -2.42. The average molecular weight is 256 g/mol. The van der Waals surface area contributed by atoms with E-state index in [-0.39, 0.29) is 12.7 Å². The molecule has 1 aliphatic heterocycles. The zero-order chi connectivity index (χ0) is 13.0. The van der Waals surface area contributed by atoms with Gasteiger partial charge in [0.25, 0.3) is 0 Å². The zero-order valence-corrected chi connectivity index (χ0v) is 10.8. The van der Waals surface area contributed by atoms with Crippen molar-refractivity contribution in [3.63, 3.8) is 0 Å². The Balaban J connectivity index is 1.89. The maximum Gasteiger partial charge on any atom is 0.350 e. The summed E-state index contributed by atoms with van der Waals surface area (Å²) in [7, 11) is 0. The van der Waals surface area contributed by atoms with Gasteiger partial charge in [-0.1, -0.05) is 0 Å². The molecule has 2 aliphatic rings. The van der Waals surface area contributed by atoms with Crippen LogP contribution in [0.15, 0.2) is 0 Å². The van der Waals surface area contributed by atoms with Gasteiger partial charge in [0.05, 0.1) is 6.10 Å². The molecule has 1 heterocycles. The minimum absolute atomic E-state index is 0.00438. The van der Waals surface area contributed by atoms with Crippen molar-refractivity contribution in [1.82, 2.24) is 0 Å². The van der Waals surface area contributed by atoms with E-state index < -0.39 is 17.5 Å². The van der Waals surface area contributed by atoms with E-state index in [1.54, 1.807) is 0 Å². The van der Waals surface area contributed by atoms with Crippen LogP contribution < -0.4 is 0 Å². The third-order valence-electron chi connectivity index (χ3n) is 3.55. The summed E-state index contributed by atoms with van der Waals surface area (Å²) in [6.45, 7) is 2.33. The Morgan fingerprint density at radius 2 is 2.00 bits per heavy atom. The summed E-state index contributed by atoms with van der Waals surface area (Å²) in [5, 5.41) is 0. The van der Waals surface area contributed by atoms with Crippen molar-refractivity contribution in [3.8, 4) is 0 Å². The van der Waals surface area contributed by atoms with Crippen LogP contribution in [0.4, 0.5) is 0 Å². The third kappa shape index (κ3) is 3.02. The molecular formula is C13H20O5. The van der Waals surface area contributed by atoms with Crippen molar-refractivity contribution in [2.24, 2.45) is 0 Å². The quantitative estimate of drug-likeness (QED) is 0.715. The van der Waals surface area contributed by atoms with E-state index in [1.807, 2.05) is 0 Å². The van der Waals surface area contributed by atoms with Gasteiger partial charge < -0.3 is 14.2 Å². The second kappa shape index (κ2) is 5.69. The molecule has 0 spiro atoms. The van der Waals surface area contributed by atoms with Crippen LogP contribution in [0.3, 0.4) is 0 Å². The van der Waals surface area contributed by atoms with E-state index in [1.165, 1.54) is 6.92 Å². The fourth-order valence-electron chi connectivity index (χ4n) is 2.65. The molecule has 1 aliphatic carbocycles. The zero-order valence-electron chi connectivity index (χ0n) is 10.8. The van der Waals surface area contributed by atoms with Gasteiger partial charge in [0.1, 0.15) is 6.61 Å². The summed E-state index contributed by atoms with van der Waals surface area (Å²) in [6.07, 6.45) is 4.86. The van der Waals surface area contributed by atoms with E-state index >= 15 is 0 Å². The molecule has 1 saturated carbocycles. The van der Waals surface area contributed by atoms with Gasteiger partial charge in [0.2, 0.25) is 5.60 Å². The second-order valence-electron chi connectivity index (χ2n) is 5.03. The predicted octanol–water partition coefficient (Wildman–Crippen LogP) is 1.58. The smallest absolute Gasteiger partial charge is 0.350 e. The van der Waals surface area contributed by atoms with Crippen LogP contribution in [-0.4, -0.2) is 36.9 Å². The summed E-state index contributed by atoms with van der Waals surface area (Å²) in [6, 6.07) is 0. The molecule has 2 fully saturated rings. The summed E-state index contributed by atoms with van der Waals surface area (Å²) in [5.74, 6) is -0.836. The summed E-state index contributed by atoms with van der Waals surface area (Å²) >= 11 is 0. The van der Waals surface area contributed by atoms with Crippen LogP contribution in [0, 0.1) is 0 Å². The Kier molecular flexibility index (Phi) is 4.22. The highest BCUT2D eigenvalue weighted by molar-refractivity contribution is 5.83. The van der Waals surface area contributed by atoms with E-state index in [9.17, 15) is 9.59 Å². The van der Waals surface area contributed by atoms with Gasteiger partial charge in [0, 0.05) is 13.5 Å². The molecule has 1 saturated heterocycles. The maximum atomic E-state index is 12.1. The maximum absolute atomic E-state index is 12.1. The van der Waals surface area contributed by atoms with Gasteiger partial charge in [-0.15, -0.1) is 0 Å². The Bertz CT molecular complexity index is 313. The number of ether oxygens (including phenoxy) is 3. The molecule has 5 heteroatoms. The fraction of sp³-hybridized carbons (Fsp3) is 0.846. The van der Waals surface area contributed by atoms with Crippen LogP contribution in [0.5, 0.6) is 0 Å². The highest BCUT2D eigenvalue weighted by Gasteiger charge is 2.46. The first kappa shape index (κ1) is 13.3. The highest BCUT2D eigenvalue weighted by atomic mass is 16.6. The predicted molar refractivity (Wildman–Crippen MR) is 62.9 cm³/mol. The van der Waals surface area contributed by atoms with Gasteiger partial charge in [-0.25, -0.2) is 4.79 Å². The fourth-order valence-corrected chi connectivity index (χ4v) is 2.65. The Labute approximate surface area is 107 Å². The van der Waals surface area contributed by atoms with Gasteiger partial charge in [-0.3, -0.25) is 4.79 Å². The number of carbonyl (C=O) groups is 2. The third-order valence-corrected chi connectivity index (χ3v) is 3.55. The summed E-state index contributed by atoms with van der Waals surface area (Å²) in [4.78, 5) is 23.2. The van der Waals surface area contributed by atoms with E-state index in [2.05, 4.69) is 0 Å². The van der Waals surface area contributed by atoms with Crippen LogP contribution >= 0.6 is 0 Å². The minimum Gasteiger partial charge on any atom is -0.460 e. The molecule has 2 rings (SSSR count). The van der Waals surface area contributed by atoms with Gasteiger partial charge in [-0.05, 0) is 38.5 Å². The molecule has 0 aromatic rings. The normalized spacial score (nSPS) is 25.9. The van der Waals surface area contributed by atoms with Crippen LogP contribution in [0.1, 0.15) is 45.4 Å². The Morgan fingerprint density at radius 1 is 1.28 bits per heavy atom. The van der Waals surface area contributed by atoms with Gasteiger partial charge in [-0.2, -0.15) is 0 Å². The number of esters is 2. The van der Waals surface area contributed by atoms with Crippen molar-refractivity contribution >= 4 is 11.9 Å². The first-order valence-corrected chi connectivity index (χ1v) is 6.61. The van der Waals surface area contributed by atoms with Gasteiger partial charge in [0.15, 0.2) is 0 Å². The number of rotatable bonds is 4. The lowest BCUT2D eigenvalue weighted by molar-refractivity contribution is -0.182. The number of hydrogen-bond donors (Lipinski definition) is 0. The standard InChI is InChI=1S/C13H20O5/c1-10(14)18-13(6-2-3-7-13)12(15)17-9-11-5-4-8-16-11/h11H,2-9H2,1H3. The highest BCUT2D eigenvalue weighted by Crippen LogP contribution is 2.34. The number of carbonyl (C=O) groups excluding carboxylic acids is 2. The van der Waals surface area contributed by atoms with Crippen molar-refractivity contribution in [2.45, 2.75) is 57.2 Å². The molecule has 102 valence electrons. The molecule has 1 atom stereocenters. The summed E-state index contributed by atoms with van der Waals surface area (Å²) < 4.78 is 15.9. The molecule has 0 amide bonds. The topological polar surface area (TPSA) is 61.8 Å². The van der Waals surface area contributed by atoms with Gasteiger partial charge >= 0.3 is 11.9 Å². The molecule has 0 N–H and O–H groups in total. The lowest BCUT2D eigenvalue weighted by atomic mass is 10.0. The number of hydrogen-bond acceptors (Lipinski definition) is 5. The molecule has 1 unspecified atom stereocenters. The van der Waals surface area contributed by atoms with Crippen LogP contribution in [0.25, 0.3) is 0 Å². The molecular weight excluding hydrogens is 236 g/mol. The first-order chi connectivity index (χ1) is 8.62. The largest absolute Gasteiger partial charge is 0.460 e. The summed E-state index contributed by atoms with van der Waals surface area (Å²) in [5.41, 5.74) is -1.04. The van der Waals surface area contributed by atoms with Crippen LogP contribution in [0.2, 0.25) is 0 Å². The van der Waals surface area contributed by atoms with E-state index in [0.717, 1.165) is 32.3 Å².